The van der Waals surface area contributed by atoms with Gasteiger partial charge in [0.15, 0.2) is 0 Å². The second-order valence-electron chi connectivity index (χ2n) is 5.56. The molecule has 2 amide bonds. The van der Waals surface area contributed by atoms with E-state index in [0.717, 1.165) is 23.9 Å². The number of fused-ring (bicyclic) bond motifs is 1. The highest BCUT2D eigenvalue weighted by molar-refractivity contribution is 8.01. The van der Waals surface area contributed by atoms with E-state index in [4.69, 9.17) is 0 Å². The number of hydrogen-bond donors (Lipinski definition) is 2. The first-order valence-corrected chi connectivity index (χ1v) is 8.34. The van der Waals surface area contributed by atoms with Crippen LogP contribution in [0.1, 0.15) is 12.0 Å². The Balaban J connectivity index is 1.68. The fourth-order valence-electron chi connectivity index (χ4n) is 2.37. The first-order chi connectivity index (χ1) is 12.2. The van der Waals surface area contributed by atoms with E-state index in [1.165, 1.54) is 30.3 Å². The number of carbonyl (C=O) groups is 2. The van der Waals surface area contributed by atoms with Gasteiger partial charge in [0, 0.05) is 17.0 Å². The molecule has 2 aromatic rings. The minimum Gasteiger partial charge on any atom is -0.326 e. The average Bonchev–Trinajstić information content (AvgIpc) is 2.56. The second-order valence-corrected chi connectivity index (χ2v) is 6.81. The van der Waals surface area contributed by atoms with Gasteiger partial charge in [-0.05, 0) is 42.5 Å². The van der Waals surface area contributed by atoms with Crippen LogP contribution in [0.25, 0.3) is 0 Å². The van der Waals surface area contributed by atoms with Crippen LogP contribution in [0, 0.1) is 5.82 Å². The van der Waals surface area contributed by atoms with Crippen LogP contribution < -0.4 is 10.6 Å². The lowest BCUT2D eigenvalue weighted by molar-refractivity contribution is -0.137. The number of rotatable bonds is 3. The Hall–Kier alpha value is -2.55. The summed E-state index contributed by atoms with van der Waals surface area (Å²) < 4.78 is 51.1. The van der Waals surface area contributed by atoms with Crippen LogP contribution in [-0.2, 0) is 15.8 Å². The number of benzene rings is 2. The molecule has 1 aliphatic rings. The number of carbonyl (C=O) groups excluding carboxylic acids is 2. The summed E-state index contributed by atoms with van der Waals surface area (Å²) in [5.74, 6) is -1.45. The van der Waals surface area contributed by atoms with Gasteiger partial charge in [-0.3, -0.25) is 9.59 Å². The van der Waals surface area contributed by atoms with E-state index in [2.05, 4.69) is 10.6 Å². The van der Waals surface area contributed by atoms with Gasteiger partial charge in [-0.15, -0.1) is 11.8 Å². The summed E-state index contributed by atoms with van der Waals surface area (Å²) in [4.78, 5) is 24.6. The minimum atomic E-state index is -4.50. The number of amides is 2. The first-order valence-electron chi connectivity index (χ1n) is 7.46. The molecule has 136 valence electrons. The zero-order valence-corrected chi connectivity index (χ0v) is 13.9. The van der Waals surface area contributed by atoms with Gasteiger partial charge in [0.1, 0.15) is 5.82 Å². The van der Waals surface area contributed by atoms with Crippen molar-refractivity contribution in [2.75, 3.05) is 10.6 Å². The first kappa shape index (κ1) is 18.2. The van der Waals surface area contributed by atoms with Gasteiger partial charge >= 0.3 is 6.18 Å². The number of anilines is 2. The van der Waals surface area contributed by atoms with Crippen molar-refractivity contribution < 1.29 is 27.2 Å². The SMILES string of the molecule is O=C(C[C@H]1Sc2ccc(C(F)(F)F)cc2NC1=O)Nc1ccc(F)cc1. The molecule has 1 aliphatic heterocycles. The molecule has 2 N–H and O–H groups in total. The van der Waals surface area contributed by atoms with Crippen molar-refractivity contribution in [2.24, 2.45) is 0 Å². The monoisotopic (exact) mass is 384 g/mol. The third-order valence-corrected chi connectivity index (χ3v) is 4.90. The van der Waals surface area contributed by atoms with Crippen LogP contribution in [0.5, 0.6) is 0 Å². The van der Waals surface area contributed by atoms with E-state index in [9.17, 15) is 27.2 Å². The maximum absolute atomic E-state index is 12.9. The molecule has 0 aromatic heterocycles. The smallest absolute Gasteiger partial charge is 0.326 e. The summed E-state index contributed by atoms with van der Waals surface area (Å²) in [6.45, 7) is 0. The van der Waals surface area contributed by atoms with Crippen molar-refractivity contribution in [2.45, 2.75) is 22.7 Å². The van der Waals surface area contributed by atoms with Crippen LogP contribution in [0.15, 0.2) is 47.4 Å². The normalized spacial score (nSPS) is 16.6. The maximum Gasteiger partial charge on any atom is 0.416 e. The third-order valence-electron chi connectivity index (χ3n) is 3.63. The Bertz CT molecular complexity index is 853. The van der Waals surface area contributed by atoms with Gasteiger partial charge in [0.25, 0.3) is 0 Å². The summed E-state index contributed by atoms with van der Waals surface area (Å²) in [5.41, 5.74) is -0.400. The Morgan fingerprint density at radius 3 is 2.50 bits per heavy atom. The van der Waals surface area contributed by atoms with Gasteiger partial charge in [-0.2, -0.15) is 13.2 Å². The van der Waals surface area contributed by atoms with Crippen molar-refractivity contribution in [3.63, 3.8) is 0 Å². The Morgan fingerprint density at radius 2 is 1.85 bits per heavy atom. The van der Waals surface area contributed by atoms with Crippen LogP contribution >= 0.6 is 11.8 Å². The van der Waals surface area contributed by atoms with E-state index in [1.54, 1.807) is 0 Å². The molecule has 3 rings (SSSR count). The molecular weight excluding hydrogens is 372 g/mol. The van der Waals surface area contributed by atoms with Gasteiger partial charge < -0.3 is 10.6 Å². The molecule has 2 aromatic carbocycles. The molecular formula is C17H12F4N2O2S. The van der Waals surface area contributed by atoms with Crippen LogP contribution in [0.2, 0.25) is 0 Å². The number of nitrogens with one attached hydrogen (secondary N) is 2. The van der Waals surface area contributed by atoms with E-state index in [-0.39, 0.29) is 12.1 Å². The lowest BCUT2D eigenvalue weighted by atomic mass is 10.1. The van der Waals surface area contributed by atoms with Crippen molar-refractivity contribution in [1.29, 1.82) is 0 Å². The summed E-state index contributed by atoms with van der Waals surface area (Å²) in [6, 6.07) is 8.21. The molecule has 0 fully saturated rings. The number of halogens is 4. The molecule has 0 radical (unpaired) electrons. The standard InChI is InChI=1S/C17H12F4N2O2S/c18-10-2-4-11(5-3-10)22-15(24)8-14-16(25)23-12-7-9(17(19,20)21)1-6-13(12)26-14/h1-7,14H,8H2,(H,22,24)(H,23,25)/t14-/m1/s1. The molecule has 9 heteroatoms. The summed E-state index contributed by atoms with van der Waals surface area (Å²) in [7, 11) is 0. The van der Waals surface area contributed by atoms with E-state index in [0.29, 0.717) is 10.6 Å². The zero-order valence-electron chi connectivity index (χ0n) is 13.1. The van der Waals surface area contributed by atoms with Crippen LogP contribution in [-0.4, -0.2) is 17.1 Å². The third kappa shape index (κ3) is 4.16. The Labute approximate surface area is 150 Å². The van der Waals surface area contributed by atoms with Crippen LogP contribution in [0.4, 0.5) is 28.9 Å². The number of hydrogen-bond acceptors (Lipinski definition) is 3. The van der Waals surface area contributed by atoms with Gasteiger partial charge in [-0.1, -0.05) is 0 Å². The largest absolute Gasteiger partial charge is 0.416 e. The van der Waals surface area contributed by atoms with E-state index in [1.807, 2.05) is 0 Å². The topological polar surface area (TPSA) is 58.2 Å². The highest BCUT2D eigenvalue weighted by Gasteiger charge is 2.34. The molecule has 1 heterocycles. The molecule has 26 heavy (non-hydrogen) atoms. The lowest BCUT2D eigenvalue weighted by Gasteiger charge is -2.24. The van der Waals surface area contributed by atoms with Crippen molar-refractivity contribution in [1.82, 2.24) is 0 Å². The Kier molecular flexibility index (Phi) is 4.90. The highest BCUT2D eigenvalue weighted by Crippen LogP contribution is 2.40. The molecule has 0 bridgehead atoms. The van der Waals surface area contributed by atoms with Crippen LogP contribution in [0.3, 0.4) is 0 Å². The van der Waals surface area contributed by atoms with Gasteiger partial charge in [0.2, 0.25) is 11.8 Å². The molecule has 0 spiro atoms. The molecule has 0 aliphatic carbocycles. The molecule has 0 saturated carbocycles. The fourth-order valence-corrected chi connectivity index (χ4v) is 3.47. The highest BCUT2D eigenvalue weighted by atomic mass is 32.2. The van der Waals surface area contributed by atoms with Gasteiger partial charge in [0.05, 0.1) is 16.5 Å². The predicted molar refractivity (Wildman–Crippen MR) is 89.4 cm³/mol. The summed E-state index contributed by atoms with van der Waals surface area (Å²) in [5, 5.41) is 4.17. The molecule has 4 nitrogen and oxygen atoms in total. The van der Waals surface area contributed by atoms with Crippen molar-refractivity contribution >= 4 is 35.0 Å². The zero-order chi connectivity index (χ0) is 18.9. The van der Waals surface area contributed by atoms with Crippen molar-refractivity contribution in [3.8, 4) is 0 Å². The second kappa shape index (κ2) is 6.99. The predicted octanol–water partition coefficient (Wildman–Crippen LogP) is 4.29. The number of alkyl halides is 3. The quantitative estimate of drug-likeness (QED) is 0.777. The van der Waals surface area contributed by atoms with E-state index >= 15 is 0 Å². The average molecular weight is 384 g/mol. The van der Waals surface area contributed by atoms with Crippen molar-refractivity contribution in [3.05, 3.63) is 53.8 Å². The summed E-state index contributed by atoms with van der Waals surface area (Å²) in [6.07, 6.45) is -4.68. The fraction of sp³-hybridized carbons (Fsp3) is 0.176. The molecule has 1 atom stereocenters. The molecule has 0 saturated heterocycles. The van der Waals surface area contributed by atoms with E-state index < -0.39 is 34.6 Å². The number of thioether (sulfide) groups is 1. The van der Waals surface area contributed by atoms with Gasteiger partial charge in [-0.25, -0.2) is 4.39 Å². The summed E-state index contributed by atoms with van der Waals surface area (Å²) >= 11 is 1.03. The maximum atomic E-state index is 12.9. The Morgan fingerprint density at radius 1 is 1.15 bits per heavy atom. The lowest BCUT2D eigenvalue weighted by Crippen LogP contribution is -2.32. The molecule has 0 unspecified atom stereocenters. The minimum absolute atomic E-state index is 0.0741.